The summed E-state index contributed by atoms with van der Waals surface area (Å²) in [6.07, 6.45) is -0.115. The fourth-order valence-corrected chi connectivity index (χ4v) is 2.02. The number of aliphatic carboxylic acids is 2. The average molecular weight is 295 g/mol. The van der Waals surface area contributed by atoms with Crippen LogP contribution in [-0.2, 0) is 9.59 Å². The van der Waals surface area contributed by atoms with E-state index in [9.17, 15) is 14.7 Å². The number of carbonyl (C=O) groups is 2. The van der Waals surface area contributed by atoms with Crippen molar-refractivity contribution in [2.45, 2.75) is 32.4 Å². The summed E-state index contributed by atoms with van der Waals surface area (Å²) in [5.41, 5.74) is 0.563. The van der Waals surface area contributed by atoms with Crippen LogP contribution in [0.5, 0.6) is 5.75 Å². The van der Waals surface area contributed by atoms with Gasteiger partial charge < -0.3 is 14.9 Å². The normalized spacial score (nSPS) is 12.4. The summed E-state index contributed by atoms with van der Waals surface area (Å²) in [6, 6.07) is 5.97. The first-order valence-corrected chi connectivity index (χ1v) is 6.72. The van der Waals surface area contributed by atoms with Gasteiger partial charge >= 0.3 is 11.9 Å². The molecule has 1 aromatic carbocycles. The molecule has 0 spiro atoms. The molecular weight excluding hydrogens is 274 g/mol. The van der Waals surface area contributed by atoms with Crippen molar-refractivity contribution in [3.05, 3.63) is 29.8 Å². The van der Waals surface area contributed by atoms with Gasteiger partial charge in [0, 0.05) is 6.54 Å². The van der Waals surface area contributed by atoms with Gasteiger partial charge in [-0.1, -0.05) is 12.1 Å². The number of carboxylic acids is 2. The van der Waals surface area contributed by atoms with Gasteiger partial charge in [-0.05, 0) is 38.6 Å². The molecule has 6 heteroatoms. The van der Waals surface area contributed by atoms with E-state index in [4.69, 9.17) is 9.84 Å². The van der Waals surface area contributed by atoms with Crippen molar-refractivity contribution in [2.75, 3.05) is 13.6 Å². The van der Waals surface area contributed by atoms with Crippen LogP contribution in [0, 0.1) is 0 Å². The van der Waals surface area contributed by atoms with Gasteiger partial charge in [-0.25, -0.2) is 0 Å². The molecule has 0 aliphatic heterocycles. The number of benzene rings is 1. The number of hydrogen-bond donors (Lipinski definition) is 2. The summed E-state index contributed by atoms with van der Waals surface area (Å²) in [5, 5.41) is 18.1. The van der Waals surface area contributed by atoms with Gasteiger partial charge in [-0.3, -0.25) is 14.5 Å². The van der Waals surface area contributed by atoms with Crippen molar-refractivity contribution in [1.29, 1.82) is 0 Å². The Balaban J connectivity index is 2.94. The predicted octanol–water partition coefficient (Wildman–Crippen LogP) is 2.01. The number of likely N-dealkylation sites (N-methyl/N-ethyl adjacent to an activating group) is 1. The van der Waals surface area contributed by atoms with Crippen molar-refractivity contribution in [3.8, 4) is 5.75 Å². The molecule has 0 amide bonds. The Morgan fingerprint density at radius 1 is 1.29 bits per heavy atom. The molecule has 6 nitrogen and oxygen atoms in total. The van der Waals surface area contributed by atoms with Gasteiger partial charge in [0.2, 0.25) is 0 Å². The molecule has 2 N–H and O–H groups in total. The topological polar surface area (TPSA) is 87.1 Å². The monoisotopic (exact) mass is 295 g/mol. The summed E-state index contributed by atoms with van der Waals surface area (Å²) in [5.74, 6) is -1.38. The van der Waals surface area contributed by atoms with E-state index >= 15 is 0 Å². The lowest BCUT2D eigenvalue weighted by Crippen LogP contribution is -2.32. The Morgan fingerprint density at radius 2 is 1.95 bits per heavy atom. The SMILES string of the molecule is CC(C)Oc1cccc(C(C(=O)O)N(C)CCC(=O)O)c1. The van der Waals surface area contributed by atoms with Crippen LogP contribution >= 0.6 is 0 Å². The molecule has 1 atom stereocenters. The van der Waals surface area contributed by atoms with Crippen LogP contribution < -0.4 is 4.74 Å². The van der Waals surface area contributed by atoms with E-state index in [1.165, 1.54) is 4.90 Å². The van der Waals surface area contributed by atoms with Crippen LogP contribution in [0.1, 0.15) is 31.9 Å². The van der Waals surface area contributed by atoms with Crippen LogP contribution in [0.4, 0.5) is 0 Å². The van der Waals surface area contributed by atoms with Crippen molar-refractivity contribution in [1.82, 2.24) is 4.90 Å². The van der Waals surface area contributed by atoms with Crippen LogP contribution in [0.25, 0.3) is 0 Å². The van der Waals surface area contributed by atoms with E-state index in [-0.39, 0.29) is 19.1 Å². The summed E-state index contributed by atoms with van der Waals surface area (Å²) >= 11 is 0. The number of ether oxygens (including phenoxy) is 1. The van der Waals surface area contributed by atoms with Crippen molar-refractivity contribution in [3.63, 3.8) is 0 Å². The molecule has 0 radical (unpaired) electrons. The molecule has 116 valence electrons. The molecule has 0 heterocycles. The van der Waals surface area contributed by atoms with E-state index in [0.29, 0.717) is 11.3 Å². The Morgan fingerprint density at radius 3 is 2.48 bits per heavy atom. The Kier molecular flexibility index (Phi) is 6.17. The summed E-state index contributed by atoms with van der Waals surface area (Å²) in [6.45, 7) is 3.93. The van der Waals surface area contributed by atoms with Crippen LogP contribution in [-0.4, -0.2) is 46.7 Å². The second-order valence-electron chi connectivity index (χ2n) is 5.10. The molecular formula is C15H21NO5. The first kappa shape index (κ1) is 17.0. The molecule has 0 aliphatic rings. The zero-order chi connectivity index (χ0) is 16.0. The average Bonchev–Trinajstić information content (AvgIpc) is 2.35. The third-order valence-electron chi connectivity index (χ3n) is 2.90. The van der Waals surface area contributed by atoms with Crippen molar-refractivity contribution < 1.29 is 24.5 Å². The highest BCUT2D eigenvalue weighted by Gasteiger charge is 2.25. The Labute approximate surface area is 124 Å². The molecule has 1 rings (SSSR count). The summed E-state index contributed by atoms with van der Waals surface area (Å²) < 4.78 is 5.56. The molecule has 1 unspecified atom stereocenters. The Bertz CT molecular complexity index is 501. The zero-order valence-corrected chi connectivity index (χ0v) is 12.4. The van der Waals surface area contributed by atoms with Crippen LogP contribution in [0.3, 0.4) is 0 Å². The maximum absolute atomic E-state index is 11.5. The third kappa shape index (κ3) is 5.43. The highest BCUT2D eigenvalue weighted by Crippen LogP contribution is 2.24. The van der Waals surface area contributed by atoms with Gasteiger partial charge in [-0.2, -0.15) is 0 Å². The molecule has 1 aromatic rings. The molecule has 0 aromatic heterocycles. The van der Waals surface area contributed by atoms with E-state index in [1.54, 1.807) is 31.3 Å². The lowest BCUT2D eigenvalue weighted by Gasteiger charge is -2.24. The van der Waals surface area contributed by atoms with E-state index in [1.807, 2.05) is 13.8 Å². The molecule has 21 heavy (non-hydrogen) atoms. The van der Waals surface area contributed by atoms with Gasteiger partial charge in [0.15, 0.2) is 0 Å². The smallest absolute Gasteiger partial charge is 0.325 e. The lowest BCUT2D eigenvalue weighted by molar-refractivity contribution is -0.144. The van der Waals surface area contributed by atoms with Crippen LogP contribution in [0.2, 0.25) is 0 Å². The third-order valence-corrected chi connectivity index (χ3v) is 2.90. The van der Waals surface area contributed by atoms with E-state index < -0.39 is 18.0 Å². The van der Waals surface area contributed by atoms with E-state index in [0.717, 1.165) is 0 Å². The highest BCUT2D eigenvalue weighted by atomic mass is 16.5. The zero-order valence-electron chi connectivity index (χ0n) is 12.4. The van der Waals surface area contributed by atoms with Crippen LogP contribution in [0.15, 0.2) is 24.3 Å². The second kappa shape index (κ2) is 7.64. The quantitative estimate of drug-likeness (QED) is 0.763. The number of carboxylic acid groups (broad SMARTS) is 2. The molecule has 0 saturated carbocycles. The molecule has 0 aliphatic carbocycles. The minimum absolute atomic E-state index is 0.00623. The van der Waals surface area contributed by atoms with Crippen molar-refractivity contribution in [2.24, 2.45) is 0 Å². The number of hydrogen-bond acceptors (Lipinski definition) is 4. The highest BCUT2D eigenvalue weighted by molar-refractivity contribution is 5.76. The lowest BCUT2D eigenvalue weighted by atomic mass is 10.1. The maximum Gasteiger partial charge on any atom is 0.325 e. The fourth-order valence-electron chi connectivity index (χ4n) is 2.02. The fraction of sp³-hybridized carbons (Fsp3) is 0.467. The molecule has 0 bridgehead atoms. The predicted molar refractivity (Wildman–Crippen MR) is 77.5 cm³/mol. The maximum atomic E-state index is 11.5. The minimum atomic E-state index is -1.02. The van der Waals surface area contributed by atoms with E-state index in [2.05, 4.69) is 0 Å². The van der Waals surface area contributed by atoms with Gasteiger partial charge in [0.1, 0.15) is 11.8 Å². The second-order valence-corrected chi connectivity index (χ2v) is 5.10. The first-order valence-electron chi connectivity index (χ1n) is 6.72. The number of rotatable bonds is 8. The first-order chi connectivity index (χ1) is 9.81. The largest absolute Gasteiger partial charge is 0.491 e. The minimum Gasteiger partial charge on any atom is -0.491 e. The Hall–Kier alpha value is -2.08. The summed E-state index contributed by atoms with van der Waals surface area (Å²) in [4.78, 5) is 23.6. The van der Waals surface area contributed by atoms with Gasteiger partial charge in [-0.15, -0.1) is 0 Å². The summed E-state index contributed by atoms with van der Waals surface area (Å²) in [7, 11) is 1.59. The van der Waals surface area contributed by atoms with Gasteiger partial charge in [0.05, 0.1) is 12.5 Å². The van der Waals surface area contributed by atoms with Gasteiger partial charge in [0.25, 0.3) is 0 Å². The number of nitrogens with zero attached hydrogens (tertiary/aromatic N) is 1. The standard InChI is InChI=1S/C15H21NO5/c1-10(2)21-12-6-4-5-11(9-12)14(15(19)20)16(3)8-7-13(17)18/h4-6,9-10,14H,7-8H2,1-3H3,(H,17,18)(H,19,20). The van der Waals surface area contributed by atoms with Crippen molar-refractivity contribution >= 4 is 11.9 Å². The molecule has 0 fully saturated rings. The molecule has 0 saturated heterocycles.